The van der Waals surface area contributed by atoms with E-state index in [2.05, 4.69) is 5.32 Å². The summed E-state index contributed by atoms with van der Waals surface area (Å²) in [5.41, 5.74) is 0.478. The van der Waals surface area contributed by atoms with Crippen molar-refractivity contribution in [1.82, 2.24) is 0 Å². The first-order valence-corrected chi connectivity index (χ1v) is 5.98. The Hall–Kier alpha value is -2.37. The van der Waals surface area contributed by atoms with Gasteiger partial charge >= 0.3 is 12.1 Å². The van der Waals surface area contributed by atoms with Gasteiger partial charge in [-0.3, -0.25) is 10.1 Å². The van der Waals surface area contributed by atoms with E-state index in [1.54, 1.807) is 27.7 Å². The van der Waals surface area contributed by atoms with Gasteiger partial charge in [-0.2, -0.15) is 0 Å². The topological polar surface area (TPSA) is 92.7 Å². The number of hydrogen-bond acceptors (Lipinski definition) is 4. The minimum Gasteiger partial charge on any atom is -0.475 e. The minimum atomic E-state index is -1.52. The van der Waals surface area contributed by atoms with Gasteiger partial charge in [0.2, 0.25) is 0 Å². The number of Topliss-reactive ketones (excluding diaryl/α,β-unsaturated/α-hetero) is 1. The van der Waals surface area contributed by atoms with Crippen molar-refractivity contribution in [2.75, 3.05) is 5.32 Å². The van der Waals surface area contributed by atoms with Crippen molar-refractivity contribution in [2.24, 2.45) is 0 Å². The molecular formula is C14H17NO5. The molecule has 0 heterocycles. The van der Waals surface area contributed by atoms with Crippen molar-refractivity contribution in [3.63, 3.8) is 0 Å². The van der Waals surface area contributed by atoms with Gasteiger partial charge in [-0.25, -0.2) is 9.59 Å². The number of aryl methyl sites for hydroxylation is 1. The molecule has 1 amide bonds. The van der Waals surface area contributed by atoms with Gasteiger partial charge in [0.05, 0.1) is 0 Å². The van der Waals surface area contributed by atoms with Gasteiger partial charge in [-0.1, -0.05) is 0 Å². The molecule has 0 aliphatic heterocycles. The molecule has 0 aromatic heterocycles. The SMILES string of the molecule is Cc1cc(C(=O)C(=O)O)ccc1NC(=O)OC(C)(C)C. The van der Waals surface area contributed by atoms with Gasteiger partial charge in [-0.15, -0.1) is 0 Å². The summed E-state index contributed by atoms with van der Waals surface area (Å²) in [5, 5.41) is 11.2. The summed E-state index contributed by atoms with van der Waals surface area (Å²) in [7, 11) is 0. The summed E-state index contributed by atoms with van der Waals surface area (Å²) >= 11 is 0. The van der Waals surface area contributed by atoms with Crippen molar-refractivity contribution in [1.29, 1.82) is 0 Å². The Morgan fingerprint density at radius 1 is 1.20 bits per heavy atom. The lowest BCUT2D eigenvalue weighted by atomic mass is 10.1. The van der Waals surface area contributed by atoms with Gasteiger partial charge in [0.15, 0.2) is 0 Å². The lowest BCUT2D eigenvalue weighted by Crippen LogP contribution is -2.27. The molecule has 1 rings (SSSR count). The van der Waals surface area contributed by atoms with Crippen LogP contribution in [0, 0.1) is 6.92 Å². The average Bonchev–Trinajstić information content (AvgIpc) is 2.28. The first kappa shape index (κ1) is 15.7. The second kappa shape index (κ2) is 5.73. The Kier molecular flexibility index (Phi) is 4.49. The van der Waals surface area contributed by atoms with Gasteiger partial charge in [0, 0.05) is 11.3 Å². The molecule has 0 radical (unpaired) electrons. The molecule has 0 saturated heterocycles. The number of benzene rings is 1. The Balaban J connectivity index is 2.87. The number of carbonyl (C=O) groups is 3. The number of ketones is 1. The predicted octanol–water partition coefficient (Wildman–Crippen LogP) is 2.61. The third kappa shape index (κ3) is 4.38. The van der Waals surface area contributed by atoms with Crippen molar-refractivity contribution in [2.45, 2.75) is 33.3 Å². The highest BCUT2D eigenvalue weighted by atomic mass is 16.6. The molecule has 0 bridgehead atoms. The molecule has 108 valence electrons. The maximum atomic E-state index is 11.6. The van der Waals surface area contributed by atoms with Crippen LogP contribution in [0.3, 0.4) is 0 Å². The second-order valence-electron chi connectivity index (χ2n) is 5.29. The third-order valence-corrected chi connectivity index (χ3v) is 2.32. The highest BCUT2D eigenvalue weighted by molar-refractivity contribution is 6.39. The molecule has 2 N–H and O–H groups in total. The average molecular weight is 279 g/mol. The third-order valence-electron chi connectivity index (χ3n) is 2.32. The van der Waals surface area contributed by atoms with Crippen LogP contribution in [0.2, 0.25) is 0 Å². The quantitative estimate of drug-likeness (QED) is 0.655. The Labute approximate surface area is 116 Å². The number of ether oxygens (including phenoxy) is 1. The largest absolute Gasteiger partial charge is 0.475 e. The monoisotopic (exact) mass is 279 g/mol. The molecular weight excluding hydrogens is 262 g/mol. The van der Waals surface area contributed by atoms with E-state index in [0.717, 1.165) is 0 Å². The molecule has 6 heteroatoms. The van der Waals surface area contributed by atoms with E-state index in [0.29, 0.717) is 11.3 Å². The zero-order valence-electron chi connectivity index (χ0n) is 11.8. The predicted molar refractivity (Wildman–Crippen MR) is 73.0 cm³/mol. The van der Waals surface area contributed by atoms with Crippen LogP contribution in [0.5, 0.6) is 0 Å². The summed E-state index contributed by atoms with van der Waals surface area (Å²) in [4.78, 5) is 33.5. The van der Waals surface area contributed by atoms with Crippen molar-refractivity contribution < 1.29 is 24.2 Å². The first-order valence-electron chi connectivity index (χ1n) is 5.98. The summed E-state index contributed by atoms with van der Waals surface area (Å²) in [6.45, 7) is 6.89. The van der Waals surface area contributed by atoms with Gasteiger partial charge in [-0.05, 0) is 51.5 Å². The molecule has 1 aromatic rings. The van der Waals surface area contributed by atoms with Crippen molar-refractivity contribution in [3.8, 4) is 0 Å². The van der Waals surface area contributed by atoms with Crippen LogP contribution in [0.15, 0.2) is 18.2 Å². The fourth-order valence-electron chi connectivity index (χ4n) is 1.48. The van der Waals surface area contributed by atoms with Crippen LogP contribution in [0.1, 0.15) is 36.7 Å². The standard InChI is InChI=1S/C14H17NO5/c1-8-7-9(11(16)12(17)18)5-6-10(8)15-13(19)20-14(2,3)4/h5-7H,1-4H3,(H,15,19)(H,17,18). The van der Waals surface area contributed by atoms with E-state index >= 15 is 0 Å². The molecule has 0 aliphatic carbocycles. The number of aliphatic carboxylic acids is 1. The smallest absolute Gasteiger partial charge is 0.412 e. The molecule has 6 nitrogen and oxygen atoms in total. The number of carbonyl (C=O) groups excluding carboxylic acids is 2. The fraction of sp³-hybridized carbons (Fsp3) is 0.357. The number of carboxylic acids is 1. The normalized spacial score (nSPS) is 10.8. The molecule has 1 aromatic carbocycles. The first-order chi connectivity index (χ1) is 9.10. The number of nitrogens with one attached hydrogen (secondary N) is 1. The van der Waals surface area contributed by atoms with Crippen LogP contribution in [-0.2, 0) is 9.53 Å². The maximum absolute atomic E-state index is 11.6. The second-order valence-corrected chi connectivity index (χ2v) is 5.29. The number of anilines is 1. The lowest BCUT2D eigenvalue weighted by Gasteiger charge is -2.20. The van der Waals surface area contributed by atoms with Crippen molar-refractivity contribution in [3.05, 3.63) is 29.3 Å². The van der Waals surface area contributed by atoms with Gasteiger partial charge in [0.25, 0.3) is 5.78 Å². The zero-order chi connectivity index (χ0) is 15.5. The number of amides is 1. The highest BCUT2D eigenvalue weighted by Gasteiger charge is 2.18. The number of hydrogen-bond donors (Lipinski definition) is 2. The Bertz CT molecular complexity index is 557. The van der Waals surface area contributed by atoms with Crippen LogP contribution < -0.4 is 5.32 Å². The highest BCUT2D eigenvalue weighted by Crippen LogP contribution is 2.18. The van der Waals surface area contributed by atoms with Crippen LogP contribution in [0.4, 0.5) is 10.5 Å². The minimum absolute atomic E-state index is 0.0599. The van der Waals surface area contributed by atoms with Crippen LogP contribution >= 0.6 is 0 Å². The van der Waals surface area contributed by atoms with Crippen LogP contribution in [0.25, 0.3) is 0 Å². The van der Waals surface area contributed by atoms with E-state index in [1.807, 2.05) is 0 Å². The molecule has 0 saturated carbocycles. The molecule has 0 unspecified atom stereocenters. The fourth-order valence-corrected chi connectivity index (χ4v) is 1.48. The molecule has 0 spiro atoms. The van der Waals surface area contributed by atoms with Gasteiger partial charge in [0.1, 0.15) is 5.60 Å². The Morgan fingerprint density at radius 3 is 2.25 bits per heavy atom. The van der Waals surface area contributed by atoms with E-state index in [4.69, 9.17) is 9.84 Å². The summed E-state index contributed by atoms with van der Waals surface area (Å²) in [5.74, 6) is -2.51. The zero-order valence-corrected chi connectivity index (χ0v) is 11.8. The van der Waals surface area contributed by atoms with Gasteiger partial charge < -0.3 is 9.84 Å². The summed E-state index contributed by atoms with van der Waals surface area (Å²) in [6.07, 6.45) is -0.613. The van der Waals surface area contributed by atoms with E-state index in [9.17, 15) is 14.4 Å². The lowest BCUT2D eigenvalue weighted by molar-refractivity contribution is -0.131. The Morgan fingerprint density at radius 2 is 1.80 bits per heavy atom. The molecule has 0 atom stereocenters. The molecule has 20 heavy (non-hydrogen) atoms. The van der Waals surface area contributed by atoms with E-state index in [-0.39, 0.29) is 5.56 Å². The molecule has 0 aliphatic rings. The number of carboxylic acid groups (broad SMARTS) is 1. The van der Waals surface area contributed by atoms with Crippen molar-refractivity contribution >= 4 is 23.5 Å². The van der Waals surface area contributed by atoms with E-state index < -0.39 is 23.4 Å². The molecule has 0 fully saturated rings. The summed E-state index contributed by atoms with van der Waals surface area (Å²) in [6, 6.07) is 4.22. The number of rotatable bonds is 3. The maximum Gasteiger partial charge on any atom is 0.412 e. The summed E-state index contributed by atoms with van der Waals surface area (Å²) < 4.78 is 5.10. The van der Waals surface area contributed by atoms with Crippen LogP contribution in [-0.4, -0.2) is 28.6 Å². The van der Waals surface area contributed by atoms with E-state index in [1.165, 1.54) is 18.2 Å².